The number of aliphatic hydroxyl groups excluding tert-OH is 1. The molecule has 2 heteroatoms. The number of rotatable bonds is 2. The summed E-state index contributed by atoms with van der Waals surface area (Å²) in [6, 6.07) is 7.74. The van der Waals surface area contributed by atoms with Crippen LogP contribution in [0.5, 0.6) is 5.75 Å². The van der Waals surface area contributed by atoms with Crippen molar-refractivity contribution in [3.8, 4) is 5.75 Å². The van der Waals surface area contributed by atoms with E-state index in [2.05, 4.69) is 6.92 Å². The van der Waals surface area contributed by atoms with Gasteiger partial charge in [0.05, 0.1) is 6.10 Å². The van der Waals surface area contributed by atoms with Crippen molar-refractivity contribution in [2.45, 2.75) is 38.4 Å². The van der Waals surface area contributed by atoms with E-state index in [-0.39, 0.29) is 12.2 Å². The van der Waals surface area contributed by atoms with Crippen molar-refractivity contribution in [1.82, 2.24) is 0 Å². The first-order chi connectivity index (χ1) is 6.81. The molecule has 2 nitrogen and oxygen atoms in total. The average molecular weight is 192 g/mol. The molecule has 0 fully saturated rings. The van der Waals surface area contributed by atoms with E-state index in [1.807, 2.05) is 24.3 Å². The van der Waals surface area contributed by atoms with Gasteiger partial charge < -0.3 is 9.84 Å². The van der Waals surface area contributed by atoms with E-state index in [1.54, 1.807) is 0 Å². The summed E-state index contributed by atoms with van der Waals surface area (Å²) in [5.41, 5.74) is 0.930. The predicted octanol–water partition coefficient (Wildman–Crippen LogP) is 2.67. The van der Waals surface area contributed by atoms with Gasteiger partial charge in [-0.3, -0.25) is 0 Å². The van der Waals surface area contributed by atoms with E-state index in [0.29, 0.717) is 0 Å². The van der Waals surface area contributed by atoms with E-state index < -0.39 is 0 Å². The third-order valence-corrected chi connectivity index (χ3v) is 2.67. The summed E-state index contributed by atoms with van der Waals surface area (Å²) in [6.45, 7) is 2.14. The number of benzene rings is 1. The van der Waals surface area contributed by atoms with Gasteiger partial charge in [0.15, 0.2) is 0 Å². The van der Waals surface area contributed by atoms with Gasteiger partial charge in [-0.15, -0.1) is 0 Å². The van der Waals surface area contributed by atoms with Gasteiger partial charge in [-0.2, -0.15) is 0 Å². The molecule has 76 valence electrons. The van der Waals surface area contributed by atoms with Crippen LogP contribution in [0.25, 0.3) is 0 Å². The molecular weight excluding hydrogens is 176 g/mol. The minimum Gasteiger partial charge on any atom is -0.490 e. The molecule has 1 unspecified atom stereocenters. The fourth-order valence-electron chi connectivity index (χ4n) is 1.97. The molecule has 1 aromatic carbocycles. The third-order valence-electron chi connectivity index (χ3n) is 2.67. The van der Waals surface area contributed by atoms with Crippen LogP contribution in [-0.2, 0) is 0 Å². The summed E-state index contributed by atoms with van der Waals surface area (Å²) in [7, 11) is 0. The zero-order valence-corrected chi connectivity index (χ0v) is 8.44. The van der Waals surface area contributed by atoms with Gasteiger partial charge in [0.2, 0.25) is 0 Å². The highest BCUT2D eigenvalue weighted by molar-refractivity contribution is 5.36. The zero-order valence-electron chi connectivity index (χ0n) is 8.44. The Labute approximate surface area is 84.5 Å². The van der Waals surface area contributed by atoms with E-state index in [4.69, 9.17) is 4.74 Å². The fourth-order valence-corrected chi connectivity index (χ4v) is 1.97. The van der Waals surface area contributed by atoms with Crippen molar-refractivity contribution in [2.75, 3.05) is 0 Å². The van der Waals surface area contributed by atoms with Crippen LogP contribution < -0.4 is 4.74 Å². The summed E-state index contributed by atoms with van der Waals surface area (Å²) in [5, 5.41) is 9.88. The van der Waals surface area contributed by atoms with Gasteiger partial charge in [-0.05, 0) is 12.5 Å². The van der Waals surface area contributed by atoms with Gasteiger partial charge in [-0.1, -0.05) is 31.5 Å². The number of hydrogen-bond donors (Lipinski definition) is 1. The lowest BCUT2D eigenvalue weighted by Crippen LogP contribution is -2.25. The topological polar surface area (TPSA) is 29.5 Å². The highest BCUT2D eigenvalue weighted by Gasteiger charge is 2.25. The number of ether oxygens (including phenoxy) is 1. The van der Waals surface area contributed by atoms with Crippen LogP contribution in [0.3, 0.4) is 0 Å². The van der Waals surface area contributed by atoms with Crippen molar-refractivity contribution >= 4 is 0 Å². The lowest BCUT2D eigenvalue weighted by atomic mass is 9.97. The lowest BCUT2D eigenvalue weighted by Gasteiger charge is -2.29. The summed E-state index contributed by atoms with van der Waals surface area (Å²) in [6.07, 6.45) is 2.68. The van der Waals surface area contributed by atoms with Gasteiger partial charge in [0.25, 0.3) is 0 Å². The molecule has 0 aliphatic carbocycles. The number of hydrogen-bond acceptors (Lipinski definition) is 2. The quantitative estimate of drug-likeness (QED) is 0.780. The standard InChI is InChI=1S/C12H16O2/c1-2-5-9-8-11(13)10-6-3-4-7-12(10)14-9/h3-4,6-7,9,11,13H,2,5,8H2,1H3/t9?,11-/m0/s1. The molecule has 1 aromatic rings. The molecule has 0 bridgehead atoms. The Kier molecular flexibility index (Phi) is 2.73. The summed E-state index contributed by atoms with van der Waals surface area (Å²) in [5.74, 6) is 0.852. The van der Waals surface area contributed by atoms with Crippen molar-refractivity contribution in [1.29, 1.82) is 0 Å². The first-order valence-electron chi connectivity index (χ1n) is 5.25. The van der Waals surface area contributed by atoms with E-state index in [9.17, 15) is 5.11 Å². The van der Waals surface area contributed by atoms with Gasteiger partial charge >= 0.3 is 0 Å². The van der Waals surface area contributed by atoms with Crippen molar-refractivity contribution in [2.24, 2.45) is 0 Å². The minimum atomic E-state index is -0.350. The second-order valence-electron chi connectivity index (χ2n) is 3.82. The highest BCUT2D eigenvalue weighted by atomic mass is 16.5. The lowest BCUT2D eigenvalue weighted by molar-refractivity contribution is 0.0615. The van der Waals surface area contributed by atoms with Gasteiger partial charge in [-0.25, -0.2) is 0 Å². The second kappa shape index (κ2) is 4.01. The van der Waals surface area contributed by atoms with Crippen LogP contribution in [0, 0.1) is 0 Å². The SMILES string of the molecule is CCCC1C[C@H](O)c2ccccc2O1. The Morgan fingerprint density at radius 3 is 3.00 bits per heavy atom. The molecule has 0 saturated heterocycles. The summed E-state index contributed by atoms with van der Waals surface area (Å²) >= 11 is 0. The maximum Gasteiger partial charge on any atom is 0.125 e. The molecule has 0 amide bonds. The Hall–Kier alpha value is -1.02. The van der Waals surface area contributed by atoms with Crippen LogP contribution >= 0.6 is 0 Å². The molecule has 0 spiro atoms. The van der Waals surface area contributed by atoms with Crippen molar-refractivity contribution < 1.29 is 9.84 Å². The maximum atomic E-state index is 9.88. The fraction of sp³-hybridized carbons (Fsp3) is 0.500. The Morgan fingerprint density at radius 1 is 1.43 bits per heavy atom. The largest absolute Gasteiger partial charge is 0.490 e. The zero-order chi connectivity index (χ0) is 9.97. The maximum absolute atomic E-state index is 9.88. The molecule has 0 saturated carbocycles. The first-order valence-corrected chi connectivity index (χ1v) is 5.25. The highest BCUT2D eigenvalue weighted by Crippen LogP contribution is 2.35. The van der Waals surface area contributed by atoms with Crippen LogP contribution in [0.4, 0.5) is 0 Å². The number of fused-ring (bicyclic) bond motifs is 1. The van der Waals surface area contributed by atoms with Crippen LogP contribution in [-0.4, -0.2) is 11.2 Å². The van der Waals surface area contributed by atoms with E-state index in [0.717, 1.165) is 30.6 Å². The molecule has 1 aliphatic heterocycles. The Morgan fingerprint density at radius 2 is 2.21 bits per heavy atom. The third kappa shape index (κ3) is 1.75. The summed E-state index contributed by atoms with van der Waals surface area (Å²) in [4.78, 5) is 0. The number of aliphatic hydroxyl groups is 1. The van der Waals surface area contributed by atoms with E-state index in [1.165, 1.54) is 0 Å². The normalized spacial score (nSPS) is 25.3. The Bertz CT molecular complexity index is 309. The van der Waals surface area contributed by atoms with Crippen molar-refractivity contribution in [3.63, 3.8) is 0 Å². The second-order valence-corrected chi connectivity index (χ2v) is 3.82. The molecule has 1 N–H and O–H groups in total. The monoisotopic (exact) mass is 192 g/mol. The number of para-hydroxylation sites is 1. The molecule has 0 radical (unpaired) electrons. The Balaban J connectivity index is 2.20. The van der Waals surface area contributed by atoms with Gasteiger partial charge in [0, 0.05) is 12.0 Å². The van der Waals surface area contributed by atoms with Crippen LogP contribution in [0.15, 0.2) is 24.3 Å². The molecule has 1 aliphatic rings. The first kappa shape index (κ1) is 9.53. The van der Waals surface area contributed by atoms with Crippen LogP contribution in [0.2, 0.25) is 0 Å². The molecule has 2 rings (SSSR count). The van der Waals surface area contributed by atoms with Crippen LogP contribution in [0.1, 0.15) is 37.9 Å². The molecule has 14 heavy (non-hydrogen) atoms. The molecule has 1 heterocycles. The summed E-state index contributed by atoms with van der Waals surface area (Å²) < 4.78 is 5.78. The molecule has 0 aromatic heterocycles. The van der Waals surface area contributed by atoms with E-state index >= 15 is 0 Å². The molecular formula is C12H16O2. The average Bonchev–Trinajstić information content (AvgIpc) is 2.18. The van der Waals surface area contributed by atoms with Crippen molar-refractivity contribution in [3.05, 3.63) is 29.8 Å². The van der Waals surface area contributed by atoms with Gasteiger partial charge in [0.1, 0.15) is 11.9 Å². The molecule has 2 atom stereocenters. The predicted molar refractivity (Wildman–Crippen MR) is 55.3 cm³/mol. The minimum absolute atomic E-state index is 0.185. The smallest absolute Gasteiger partial charge is 0.125 e.